The number of rotatable bonds is 2. The summed E-state index contributed by atoms with van der Waals surface area (Å²) < 4.78 is 24.9. The van der Waals surface area contributed by atoms with Crippen LogP contribution in [-0.4, -0.2) is 8.42 Å². The van der Waals surface area contributed by atoms with Gasteiger partial charge in [-0.05, 0) is 24.3 Å². The minimum absolute atomic E-state index is 0.00822. The first kappa shape index (κ1) is 14.9. The Morgan fingerprint density at radius 1 is 0.789 bits per heavy atom. The summed E-state index contributed by atoms with van der Waals surface area (Å²) in [6.45, 7) is 0. The van der Waals surface area contributed by atoms with Gasteiger partial charge >= 0.3 is 0 Å². The molecule has 0 saturated carbocycles. The van der Waals surface area contributed by atoms with Crippen molar-refractivity contribution in [3.8, 4) is 0 Å². The second-order valence-electron chi connectivity index (χ2n) is 3.63. The van der Waals surface area contributed by atoms with Gasteiger partial charge in [0.15, 0.2) is 0 Å². The minimum Gasteiger partial charge on any atom is -0.218 e. The second-order valence-corrected chi connectivity index (χ2v) is 7.15. The van der Waals surface area contributed by atoms with E-state index in [4.69, 9.17) is 46.4 Å². The van der Waals surface area contributed by atoms with Gasteiger partial charge in [0.05, 0.1) is 29.9 Å². The quantitative estimate of drug-likeness (QED) is 0.699. The van der Waals surface area contributed by atoms with Gasteiger partial charge in [0.2, 0.25) is 9.84 Å². The molecule has 2 nitrogen and oxygen atoms in total. The molecule has 0 unspecified atom stereocenters. The van der Waals surface area contributed by atoms with Crippen LogP contribution < -0.4 is 0 Å². The summed E-state index contributed by atoms with van der Waals surface area (Å²) in [5.41, 5.74) is 0. The molecule has 2 aromatic rings. The number of sulfone groups is 1. The Kier molecular flexibility index (Phi) is 4.33. The lowest BCUT2D eigenvalue weighted by molar-refractivity contribution is 0.596. The Labute approximate surface area is 130 Å². The molecule has 0 bridgehead atoms. The van der Waals surface area contributed by atoms with Crippen molar-refractivity contribution in [3.63, 3.8) is 0 Å². The molecule has 0 atom stereocenters. The fraction of sp³-hybridized carbons (Fsp3) is 0. The zero-order valence-corrected chi connectivity index (χ0v) is 13.0. The van der Waals surface area contributed by atoms with Crippen LogP contribution in [-0.2, 0) is 9.84 Å². The molecule has 0 saturated heterocycles. The lowest BCUT2D eigenvalue weighted by Crippen LogP contribution is -2.03. The third-order valence-corrected chi connectivity index (χ3v) is 5.82. The van der Waals surface area contributed by atoms with Crippen LogP contribution in [0.5, 0.6) is 0 Å². The topological polar surface area (TPSA) is 34.1 Å². The predicted octanol–water partition coefficient (Wildman–Crippen LogP) is 5.13. The molecule has 0 fully saturated rings. The van der Waals surface area contributed by atoms with Crippen molar-refractivity contribution in [1.29, 1.82) is 0 Å². The molecule has 100 valence electrons. The summed E-state index contributed by atoms with van der Waals surface area (Å²) in [6, 6.07) is 8.62. The van der Waals surface area contributed by atoms with Gasteiger partial charge in [0.1, 0.15) is 0 Å². The highest BCUT2D eigenvalue weighted by molar-refractivity contribution is 7.91. The van der Waals surface area contributed by atoms with E-state index in [2.05, 4.69) is 0 Å². The first-order valence-electron chi connectivity index (χ1n) is 4.98. The molecule has 0 spiro atoms. The molecule has 0 aliphatic rings. The van der Waals surface area contributed by atoms with E-state index in [1.807, 2.05) is 0 Å². The van der Waals surface area contributed by atoms with E-state index in [0.29, 0.717) is 0 Å². The van der Waals surface area contributed by atoms with Gasteiger partial charge in [-0.25, -0.2) is 8.42 Å². The molecule has 2 aromatic carbocycles. The van der Waals surface area contributed by atoms with E-state index in [0.717, 1.165) is 0 Å². The van der Waals surface area contributed by atoms with Crippen molar-refractivity contribution >= 4 is 56.2 Å². The lowest BCUT2D eigenvalue weighted by Gasteiger charge is -2.08. The third-order valence-electron chi connectivity index (χ3n) is 2.39. The molecule has 2 rings (SSSR count). The van der Waals surface area contributed by atoms with Crippen LogP contribution in [0.4, 0.5) is 0 Å². The van der Waals surface area contributed by atoms with Crippen molar-refractivity contribution < 1.29 is 8.42 Å². The van der Waals surface area contributed by atoms with Gasteiger partial charge in [-0.2, -0.15) is 0 Å². The molecular formula is C12H6Cl4O2S. The van der Waals surface area contributed by atoms with Crippen molar-refractivity contribution in [1.82, 2.24) is 0 Å². The maximum absolute atomic E-state index is 12.4. The normalized spacial score (nSPS) is 11.6. The van der Waals surface area contributed by atoms with Crippen molar-refractivity contribution in [3.05, 3.63) is 56.5 Å². The highest BCUT2D eigenvalue weighted by Gasteiger charge is 2.22. The Morgan fingerprint density at radius 2 is 1.32 bits per heavy atom. The fourth-order valence-corrected chi connectivity index (χ4v) is 4.03. The molecule has 0 aliphatic heterocycles. The van der Waals surface area contributed by atoms with Gasteiger partial charge in [-0.1, -0.05) is 58.5 Å². The van der Waals surface area contributed by atoms with E-state index in [9.17, 15) is 8.42 Å². The van der Waals surface area contributed by atoms with Gasteiger partial charge in [-0.3, -0.25) is 0 Å². The molecule has 0 aliphatic carbocycles. The number of benzene rings is 2. The van der Waals surface area contributed by atoms with Crippen LogP contribution in [0.25, 0.3) is 0 Å². The van der Waals surface area contributed by atoms with Crippen molar-refractivity contribution in [2.45, 2.75) is 9.79 Å². The monoisotopic (exact) mass is 354 g/mol. The summed E-state index contributed by atoms with van der Waals surface area (Å²) in [5.74, 6) is 0. The van der Waals surface area contributed by atoms with Gasteiger partial charge in [0, 0.05) is 0 Å². The summed E-state index contributed by atoms with van der Waals surface area (Å²) in [5, 5.41) is 0.380. The van der Waals surface area contributed by atoms with Crippen LogP contribution in [0.3, 0.4) is 0 Å². The SMILES string of the molecule is O=S(=O)(c1cc(Cl)c(Cl)c(Cl)c1)c1ccccc1Cl. The Hall–Kier alpha value is -0.450. The molecule has 0 radical (unpaired) electrons. The third kappa shape index (κ3) is 2.86. The summed E-state index contributed by atoms with van der Waals surface area (Å²) in [6.07, 6.45) is 0. The number of halogens is 4. The average Bonchev–Trinajstić information content (AvgIpc) is 2.35. The zero-order valence-electron chi connectivity index (χ0n) is 9.20. The lowest BCUT2D eigenvalue weighted by atomic mass is 10.3. The standard InChI is InChI=1S/C12H6Cl4O2S/c13-8-3-1-2-4-11(8)19(17,18)7-5-9(14)12(16)10(15)6-7/h1-6H. The fourth-order valence-electron chi connectivity index (χ4n) is 1.48. The van der Waals surface area contributed by atoms with E-state index in [-0.39, 0.29) is 29.9 Å². The van der Waals surface area contributed by atoms with Gasteiger partial charge in [-0.15, -0.1) is 0 Å². The maximum Gasteiger partial charge on any atom is 0.208 e. The average molecular weight is 356 g/mol. The molecule has 0 aromatic heterocycles. The van der Waals surface area contributed by atoms with Crippen LogP contribution in [0.2, 0.25) is 20.1 Å². The number of hydrogen-bond acceptors (Lipinski definition) is 2. The van der Waals surface area contributed by atoms with Crippen LogP contribution in [0.1, 0.15) is 0 Å². The van der Waals surface area contributed by atoms with E-state index < -0.39 is 9.84 Å². The largest absolute Gasteiger partial charge is 0.218 e. The molecule has 0 N–H and O–H groups in total. The summed E-state index contributed by atoms with van der Waals surface area (Å²) in [7, 11) is -3.79. The van der Waals surface area contributed by atoms with Gasteiger partial charge < -0.3 is 0 Å². The van der Waals surface area contributed by atoms with E-state index >= 15 is 0 Å². The Balaban J connectivity index is 2.68. The van der Waals surface area contributed by atoms with Crippen molar-refractivity contribution in [2.75, 3.05) is 0 Å². The van der Waals surface area contributed by atoms with Crippen LogP contribution >= 0.6 is 46.4 Å². The van der Waals surface area contributed by atoms with Crippen LogP contribution in [0, 0.1) is 0 Å². The van der Waals surface area contributed by atoms with E-state index in [1.54, 1.807) is 12.1 Å². The first-order valence-corrected chi connectivity index (χ1v) is 7.97. The first-order chi connectivity index (χ1) is 8.84. The summed E-state index contributed by atoms with van der Waals surface area (Å²) >= 11 is 23.4. The number of hydrogen-bond donors (Lipinski definition) is 0. The zero-order chi connectivity index (χ0) is 14.2. The second kappa shape index (κ2) is 5.51. The van der Waals surface area contributed by atoms with Gasteiger partial charge in [0.25, 0.3) is 0 Å². The molecule has 0 heterocycles. The molecular weight excluding hydrogens is 350 g/mol. The van der Waals surface area contributed by atoms with E-state index in [1.165, 1.54) is 24.3 Å². The highest BCUT2D eigenvalue weighted by Crippen LogP contribution is 2.35. The minimum atomic E-state index is -3.79. The Morgan fingerprint density at radius 3 is 1.84 bits per heavy atom. The highest BCUT2D eigenvalue weighted by atomic mass is 35.5. The molecule has 0 amide bonds. The maximum atomic E-state index is 12.4. The predicted molar refractivity (Wildman–Crippen MR) is 78.4 cm³/mol. The van der Waals surface area contributed by atoms with Crippen LogP contribution in [0.15, 0.2) is 46.2 Å². The molecule has 7 heteroatoms. The summed E-state index contributed by atoms with van der Waals surface area (Å²) in [4.78, 5) is -0.0638. The smallest absolute Gasteiger partial charge is 0.208 e. The van der Waals surface area contributed by atoms with Crippen molar-refractivity contribution in [2.24, 2.45) is 0 Å². The Bertz CT molecular complexity index is 718. The molecule has 19 heavy (non-hydrogen) atoms.